The second-order valence-electron chi connectivity index (χ2n) is 6.41. The van der Waals surface area contributed by atoms with Crippen molar-refractivity contribution in [2.24, 2.45) is 32.4 Å². The highest BCUT2D eigenvalue weighted by Crippen LogP contribution is 2.31. The van der Waals surface area contributed by atoms with E-state index >= 15 is 0 Å². The van der Waals surface area contributed by atoms with Crippen molar-refractivity contribution in [2.75, 3.05) is 6.54 Å². The third-order valence-electron chi connectivity index (χ3n) is 4.22. The average molecular weight is 401 g/mol. The van der Waals surface area contributed by atoms with Crippen molar-refractivity contribution in [2.45, 2.75) is 25.8 Å². The van der Waals surface area contributed by atoms with Gasteiger partial charge >= 0.3 is 0 Å². The van der Waals surface area contributed by atoms with Crippen molar-refractivity contribution >= 4 is 35.9 Å². The van der Waals surface area contributed by atoms with Crippen LogP contribution < -0.4 is 11.5 Å². The Morgan fingerprint density at radius 1 is 1.32 bits per heavy atom. The van der Waals surface area contributed by atoms with Crippen LogP contribution in [0, 0.1) is 5.92 Å². The summed E-state index contributed by atoms with van der Waals surface area (Å²) in [6, 6.07) is 6.40. The predicted octanol–water partition coefficient (Wildman–Crippen LogP) is 2.98. The number of nitrogens with zero attached hydrogens (tertiary/aromatic N) is 4. The number of allylic oxidation sites excluding steroid dienone is 1. The van der Waals surface area contributed by atoms with Crippen molar-refractivity contribution in [1.82, 2.24) is 4.90 Å². The molecule has 0 saturated heterocycles. The maximum absolute atomic E-state index is 13.1. The first-order valence-electron chi connectivity index (χ1n) is 8.95. The number of rotatable bonds is 8. The van der Waals surface area contributed by atoms with E-state index in [1.165, 1.54) is 12.4 Å². The highest BCUT2D eigenvalue weighted by molar-refractivity contribution is 6.30. The lowest BCUT2D eigenvalue weighted by atomic mass is 10.1. The molecule has 28 heavy (non-hydrogen) atoms. The summed E-state index contributed by atoms with van der Waals surface area (Å²) in [5.41, 5.74) is 11.3. The van der Waals surface area contributed by atoms with Gasteiger partial charge in [0, 0.05) is 23.3 Å². The van der Waals surface area contributed by atoms with E-state index in [0.29, 0.717) is 28.9 Å². The Bertz CT molecular complexity index is 808. The monoisotopic (exact) mass is 400 g/mol. The van der Waals surface area contributed by atoms with Crippen LogP contribution >= 0.6 is 11.6 Å². The minimum atomic E-state index is -0.416. The van der Waals surface area contributed by atoms with E-state index < -0.39 is 6.04 Å². The zero-order chi connectivity index (χ0) is 20.5. The highest BCUT2D eigenvalue weighted by Gasteiger charge is 2.32. The van der Waals surface area contributed by atoms with E-state index in [-0.39, 0.29) is 11.7 Å². The first-order chi connectivity index (χ1) is 13.5. The summed E-state index contributed by atoms with van der Waals surface area (Å²) < 4.78 is 0. The zero-order valence-corrected chi connectivity index (χ0v) is 16.6. The number of amides is 1. The summed E-state index contributed by atoms with van der Waals surface area (Å²) in [5.74, 6) is 0.953. The molecule has 1 saturated carbocycles. The molecule has 1 amide bonds. The first kappa shape index (κ1) is 21.4. The van der Waals surface area contributed by atoms with Crippen LogP contribution in [0.1, 0.15) is 30.1 Å². The molecular weight excluding hydrogens is 376 g/mol. The number of amidine groups is 1. The summed E-state index contributed by atoms with van der Waals surface area (Å²) in [7, 11) is 0. The summed E-state index contributed by atoms with van der Waals surface area (Å²) in [5, 5.41) is 0.578. The van der Waals surface area contributed by atoms with Crippen molar-refractivity contribution in [1.29, 1.82) is 0 Å². The topological polar surface area (TPSA) is 109 Å². The van der Waals surface area contributed by atoms with Gasteiger partial charge in [0.15, 0.2) is 5.84 Å². The Morgan fingerprint density at radius 2 is 2.00 bits per heavy atom. The third-order valence-corrected chi connectivity index (χ3v) is 4.47. The minimum Gasteiger partial charge on any atom is -0.405 e. The molecular formula is C20H25ClN6O. The number of aliphatic imine (C=N–C) groups is 3. The van der Waals surface area contributed by atoms with Crippen molar-refractivity contribution < 1.29 is 4.79 Å². The quantitative estimate of drug-likeness (QED) is 0.517. The van der Waals surface area contributed by atoms with Crippen molar-refractivity contribution in [3.05, 3.63) is 59.5 Å². The Hall–Kier alpha value is -2.93. The molecule has 8 heteroatoms. The molecule has 0 bridgehead atoms. The van der Waals surface area contributed by atoms with Gasteiger partial charge in [-0.15, -0.1) is 0 Å². The third kappa shape index (κ3) is 6.35. The number of halogens is 1. The normalized spacial score (nSPS) is 16.1. The predicted molar refractivity (Wildman–Crippen MR) is 116 cm³/mol. The van der Waals surface area contributed by atoms with Gasteiger partial charge in [-0.3, -0.25) is 4.79 Å². The van der Waals surface area contributed by atoms with Gasteiger partial charge in [-0.05, 0) is 62.2 Å². The van der Waals surface area contributed by atoms with Crippen LogP contribution in [0.4, 0.5) is 0 Å². The maximum Gasteiger partial charge on any atom is 0.254 e. The first-order valence-corrected chi connectivity index (χ1v) is 9.33. The van der Waals surface area contributed by atoms with Crippen LogP contribution in [0.3, 0.4) is 0 Å². The largest absolute Gasteiger partial charge is 0.405 e. The SMILES string of the molecule is C=C(N=C/C=C\N)N=C(N=CN)C(C)N(CC1CC1)C(=O)c1ccc(Cl)cc1. The lowest BCUT2D eigenvalue weighted by molar-refractivity contribution is 0.0725. The molecule has 1 aliphatic carbocycles. The molecule has 148 valence electrons. The fourth-order valence-electron chi connectivity index (χ4n) is 2.54. The van der Waals surface area contributed by atoms with Gasteiger partial charge in [-0.25, -0.2) is 15.0 Å². The number of carbonyl (C=O) groups is 1. The van der Waals surface area contributed by atoms with E-state index in [1.54, 1.807) is 35.2 Å². The molecule has 0 radical (unpaired) electrons. The van der Waals surface area contributed by atoms with E-state index in [0.717, 1.165) is 19.2 Å². The Morgan fingerprint density at radius 3 is 2.57 bits per heavy atom. The fourth-order valence-corrected chi connectivity index (χ4v) is 2.67. The van der Waals surface area contributed by atoms with Crippen LogP contribution in [0.25, 0.3) is 0 Å². The molecule has 1 fully saturated rings. The van der Waals surface area contributed by atoms with Crippen LogP contribution in [0.15, 0.2) is 63.9 Å². The van der Waals surface area contributed by atoms with Crippen LogP contribution in [-0.4, -0.2) is 41.8 Å². The number of carbonyl (C=O) groups excluding carboxylic acids is 1. The van der Waals surface area contributed by atoms with Crippen molar-refractivity contribution in [3.8, 4) is 0 Å². The van der Waals surface area contributed by atoms with Gasteiger partial charge in [0.25, 0.3) is 5.91 Å². The molecule has 1 aromatic carbocycles. The maximum atomic E-state index is 13.1. The Labute approximate surface area is 170 Å². The van der Waals surface area contributed by atoms with Crippen molar-refractivity contribution in [3.63, 3.8) is 0 Å². The molecule has 1 aromatic rings. The smallest absolute Gasteiger partial charge is 0.254 e. The summed E-state index contributed by atoms with van der Waals surface area (Å²) >= 11 is 5.94. The number of nitrogens with two attached hydrogens (primary N) is 2. The van der Waals surface area contributed by atoms with E-state index in [2.05, 4.69) is 21.6 Å². The van der Waals surface area contributed by atoms with Gasteiger partial charge in [-0.1, -0.05) is 18.2 Å². The molecule has 0 aliphatic heterocycles. The lowest BCUT2D eigenvalue weighted by Gasteiger charge is -2.29. The number of hydrogen-bond acceptors (Lipinski definition) is 4. The van der Waals surface area contributed by atoms with Crippen LogP contribution in [0.2, 0.25) is 5.02 Å². The van der Waals surface area contributed by atoms with E-state index in [1.807, 2.05) is 6.92 Å². The van der Waals surface area contributed by atoms with E-state index in [9.17, 15) is 4.79 Å². The average Bonchev–Trinajstić information content (AvgIpc) is 3.50. The molecule has 0 aromatic heterocycles. The highest BCUT2D eigenvalue weighted by atomic mass is 35.5. The lowest BCUT2D eigenvalue weighted by Crippen LogP contribution is -2.44. The Balaban J connectivity index is 2.29. The number of benzene rings is 1. The Kier molecular flexibility index (Phi) is 7.95. The molecule has 4 N–H and O–H groups in total. The van der Waals surface area contributed by atoms with Gasteiger partial charge in [0.05, 0.1) is 12.4 Å². The van der Waals surface area contributed by atoms with E-state index in [4.69, 9.17) is 23.1 Å². The molecule has 0 heterocycles. The molecule has 7 nitrogen and oxygen atoms in total. The van der Waals surface area contributed by atoms with Crippen LogP contribution in [0.5, 0.6) is 0 Å². The van der Waals surface area contributed by atoms with Gasteiger partial charge in [-0.2, -0.15) is 0 Å². The van der Waals surface area contributed by atoms with Crippen LogP contribution in [-0.2, 0) is 0 Å². The summed E-state index contributed by atoms with van der Waals surface area (Å²) in [6.45, 7) is 6.26. The summed E-state index contributed by atoms with van der Waals surface area (Å²) in [4.78, 5) is 27.4. The standard InChI is InChI=1S/C20H25ClN6O/c1-14(19(25-13-23)26-15(2)24-11-3-10-22)27(12-16-4-5-16)20(28)17-6-8-18(21)9-7-17/h3,6-11,13-14,16H,2,4-5,12,22H2,1H3,(H2,23,25,26)/b10-3-,24-11?. The zero-order valence-electron chi connectivity index (χ0n) is 15.8. The number of hydrogen-bond donors (Lipinski definition) is 2. The summed E-state index contributed by atoms with van der Waals surface area (Å²) in [6.07, 6.45) is 7.73. The van der Waals surface area contributed by atoms with Gasteiger partial charge < -0.3 is 16.4 Å². The molecule has 2 rings (SSSR count). The van der Waals surface area contributed by atoms with Gasteiger partial charge in [0.2, 0.25) is 0 Å². The second-order valence-corrected chi connectivity index (χ2v) is 6.85. The molecule has 1 atom stereocenters. The second kappa shape index (κ2) is 10.4. The fraction of sp³-hybridized carbons (Fsp3) is 0.300. The minimum absolute atomic E-state index is 0.115. The van der Waals surface area contributed by atoms with Gasteiger partial charge in [0.1, 0.15) is 5.82 Å². The molecule has 1 unspecified atom stereocenters. The molecule has 0 spiro atoms. The molecule has 1 aliphatic rings.